The molecule has 41 nitrogen and oxygen atoms in total. The van der Waals surface area contributed by atoms with Crippen LogP contribution in [-0.2, 0) is 116 Å². The van der Waals surface area contributed by atoms with Crippen LogP contribution in [-0.4, -0.2) is 272 Å². The lowest BCUT2D eigenvalue weighted by Crippen LogP contribution is -2.71. The molecule has 16 N–H and O–H groups in total. The second kappa shape index (κ2) is 26.8. The molecule has 2 aromatic rings. The lowest BCUT2D eigenvalue weighted by Gasteiger charge is -2.50. The lowest BCUT2D eigenvalue weighted by molar-refractivity contribution is -0.366. The van der Waals surface area contributed by atoms with E-state index in [9.17, 15) is 116 Å². The Morgan fingerprint density at radius 3 is 1.63 bits per heavy atom. The molecule has 4 aliphatic heterocycles. The van der Waals surface area contributed by atoms with E-state index in [-0.39, 0.29) is 0 Å². The van der Waals surface area contributed by atoms with E-state index < -0.39 is 206 Å². The number of methoxy groups -OCH3 is 1. The predicted molar refractivity (Wildman–Crippen MR) is 246 cm³/mol. The van der Waals surface area contributed by atoms with E-state index in [0.717, 1.165) is 18.2 Å². The second-order valence-corrected chi connectivity index (χ2v) is 22.5. The highest BCUT2D eigenvalue weighted by molar-refractivity contribution is 7.83. The number of amides is 1. The summed E-state index contributed by atoms with van der Waals surface area (Å²) < 4.78 is 227. The summed E-state index contributed by atoms with van der Waals surface area (Å²) in [4.78, 5) is 39.5. The first-order valence-corrected chi connectivity index (χ1v) is 28.9. The smallest absolute Gasteiger partial charge is 0.397 e. The lowest BCUT2D eigenvalue weighted by atomic mass is 9.94. The van der Waals surface area contributed by atoms with Gasteiger partial charge in [0.15, 0.2) is 49.6 Å². The zero-order chi connectivity index (χ0) is 61.1. The van der Waals surface area contributed by atoms with Crippen molar-refractivity contribution in [3.8, 4) is 5.75 Å². The molecule has 6 rings (SSSR count). The van der Waals surface area contributed by atoms with Gasteiger partial charge in [-0.1, -0.05) is 0 Å². The average Bonchev–Trinajstić information content (AvgIpc) is 3.90. The van der Waals surface area contributed by atoms with Gasteiger partial charge in [0.05, 0.1) is 20.3 Å². The number of H-pyrrole nitrogens is 1. The minimum absolute atomic E-state index is 0.840. The minimum atomic E-state index is -6.09. The Kier molecular flexibility index (Phi) is 22.4. The van der Waals surface area contributed by atoms with Crippen molar-refractivity contribution in [2.45, 2.75) is 130 Å². The van der Waals surface area contributed by atoms with Gasteiger partial charge in [0, 0.05) is 24.0 Å². The molecule has 46 heteroatoms. The fourth-order valence-corrected chi connectivity index (χ4v) is 10.6. The number of aliphatic carboxylic acids is 2. The van der Waals surface area contributed by atoms with E-state index in [1.807, 2.05) is 35.8 Å². The fraction of sp³-hybridized carbons (Fsp3) is 0.686. The Morgan fingerprint density at radius 2 is 1.12 bits per heavy atom. The van der Waals surface area contributed by atoms with E-state index in [1.54, 1.807) is 7.11 Å². The minimum Gasteiger partial charge on any atom is -0.497 e. The van der Waals surface area contributed by atoms with E-state index >= 15 is 0 Å². The largest absolute Gasteiger partial charge is 0.497 e. The highest BCUT2D eigenvalue weighted by Crippen LogP contribution is 2.37. The number of hydrogen-bond acceptors (Lipinski definition) is 31. The maximum Gasteiger partial charge on any atom is 0.397 e. The zero-order valence-corrected chi connectivity index (χ0v) is 44.5. The van der Waals surface area contributed by atoms with Crippen LogP contribution in [0.15, 0.2) is 30.5 Å². The van der Waals surface area contributed by atoms with E-state index in [4.69, 9.17) is 42.4 Å². The van der Waals surface area contributed by atoms with Crippen molar-refractivity contribution in [3.05, 3.63) is 30.5 Å². The number of carboxylic acids is 2. The first kappa shape index (κ1) is 67.6. The van der Waals surface area contributed by atoms with E-state index in [1.165, 1.54) is 10.1 Å². The molecule has 4 fully saturated rings. The van der Waals surface area contributed by atoms with Crippen LogP contribution in [0.2, 0.25) is 0 Å². The van der Waals surface area contributed by atoms with Crippen molar-refractivity contribution in [2.24, 2.45) is 0 Å². The monoisotopic (exact) mass is 1280 g/mol. The van der Waals surface area contributed by atoms with Gasteiger partial charge >= 0.3 is 63.8 Å². The van der Waals surface area contributed by atoms with Gasteiger partial charge < -0.3 is 89.0 Å². The number of benzene rings is 1. The van der Waals surface area contributed by atoms with Gasteiger partial charge in [-0.2, -0.15) is 46.8 Å². The van der Waals surface area contributed by atoms with Crippen LogP contribution < -0.4 is 14.8 Å². The molecule has 1 amide bonds. The maximum atomic E-state index is 12.7. The summed E-state index contributed by atoms with van der Waals surface area (Å²) in [6.45, 7) is -2.24. The normalized spacial score (nSPS) is 35.3. The second-order valence-electron chi connectivity index (χ2n) is 17.0. The summed E-state index contributed by atoms with van der Waals surface area (Å²) in [5.41, 5.74) is 1.14. The molecule has 4 aliphatic rings. The van der Waals surface area contributed by atoms with Gasteiger partial charge in [0.2, 0.25) is 5.91 Å². The third-order valence-electron chi connectivity index (χ3n) is 11.4. The number of fused-ring (bicyclic) bond motifs is 1. The standard InChI is InChI=1S/C26H42N2O37S5.C9H9NO/c1-4(30)27-7-9(31)13(6(56-23(7)39)3-55-67(43,44)45)58-26-19(65-70(52,53)54)12(34)16(20(62-26)22(37)38)60-24-8(28-66(40,41)42)15(63-68(46,47)48)14(5(2-29)57-24)59-25-18(64-69(49,50)51)11(33)10(32)17(61-25)21(35)36;1-11-8-2-3-9-7(6-8)4-5-10-9/h5-20,23-26,28-29,31-34,39H,2-3H2,1H3,(H,27,30)(H,35,36)(H,37,38)(H,40,41,42)(H,43,44,45)(H,46,47,48)(H,49,50,51)(H,52,53,54);2-6,10H,1H3/t5-,6+,7-,8-,9-,10-,11-,12+,13-,14-,15-,16+,17-,18+,19-,20+,23-,24+,25+,26-;/m1./s1. The number of aliphatic hydroxyl groups excluding tert-OH is 6. The molecule has 0 saturated carbocycles. The van der Waals surface area contributed by atoms with Gasteiger partial charge in [-0.05, 0) is 24.3 Å². The molecule has 20 atom stereocenters. The van der Waals surface area contributed by atoms with Crippen LogP contribution in [0.3, 0.4) is 0 Å². The van der Waals surface area contributed by atoms with Crippen LogP contribution in [0, 0.1) is 0 Å². The van der Waals surface area contributed by atoms with E-state index in [0.29, 0.717) is 0 Å². The zero-order valence-electron chi connectivity index (χ0n) is 40.4. The maximum absolute atomic E-state index is 12.7. The first-order chi connectivity index (χ1) is 37.2. The van der Waals surface area contributed by atoms with Crippen molar-refractivity contribution in [1.82, 2.24) is 15.0 Å². The number of carbonyl (C=O) groups excluding carboxylic acids is 1. The quantitative estimate of drug-likeness (QED) is 0.0487. The molecule has 4 saturated heterocycles. The predicted octanol–water partition coefficient (Wildman–Crippen LogP) is -8.54. The van der Waals surface area contributed by atoms with Crippen LogP contribution in [0.4, 0.5) is 0 Å². The Labute approximate surface area is 455 Å². The van der Waals surface area contributed by atoms with Crippen LogP contribution in [0.1, 0.15) is 6.92 Å². The number of nitrogens with one attached hydrogen (secondary N) is 3. The molecular formula is C35H51N3O38S5. The van der Waals surface area contributed by atoms with Crippen LogP contribution in [0.25, 0.3) is 10.9 Å². The van der Waals surface area contributed by atoms with Crippen molar-refractivity contribution in [1.29, 1.82) is 0 Å². The highest BCUT2D eigenvalue weighted by atomic mass is 32.3. The highest BCUT2D eigenvalue weighted by Gasteiger charge is 2.60. The van der Waals surface area contributed by atoms with E-state index in [2.05, 4.69) is 21.7 Å². The molecule has 0 unspecified atom stereocenters. The third-order valence-corrected chi connectivity index (χ3v) is 13.8. The SMILES string of the molecule is CC(=O)N[C@@H]1[C@@H](O)[C@H](O[C@@H]2O[C@H](C(=O)O)[C@@H](O[C@@H]3O[C@H](CO)[C@@H](O[C@H]4O[C@@H](C(=O)O)[C@H](O)[C@@H](O)[C@@H]4OS(=O)(=O)O)[C@H](OS(=O)(=O)O)[C@H]3NS(=O)(=O)O)[C@H](O)[C@H]2OS(=O)(=O)O)[C@H](COS(=O)(=O)O)O[C@H]1O.COc1ccc2[nH]ccc2c1. The van der Waals surface area contributed by atoms with Crippen LogP contribution in [0.5, 0.6) is 5.75 Å². The summed E-state index contributed by atoms with van der Waals surface area (Å²) in [6, 6.07) is 3.02. The summed E-state index contributed by atoms with van der Waals surface area (Å²) in [5, 5.41) is 87.2. The number of ether oxygens (including phenoxy) is 8. The summed E-state index contributed by atoms with van der Waals surface area (Å²) in [5.74, 6) is -4.59. The van der Waals surface area contributed by atoms with Gasteiger partial charge in [-0.25, -0.2) is 26.3 Å². The van der Waals surface area contributed by atoms with Crippen molar-refractivity contribution in [3.63, 3.8) is 0 Å². The summed E-state index contributed by atoms with van der Waals surface area (Å²) in [6.07, 6.45) is -47.2. The van der Waals surface area contributed by atoms with Crippen LogP contribution >= 0.6 is 0 Å². The molecule has 0 radical (unpaired) electrons. The van der Waals surface area contributed by atoms with Gasteiger partial charge in [-0.15, -0.1) is 0 Å². The number of aliphatic hydroxyl groups is 6. The molecule has 0 bridgehead atoms. The molecule has 464 valence electrons. The average molecular weight is 1280 g/mol. The first-order valence-electron chi connectivity index (χ1n) is 22.0. The number of carboxylic acid groups (broad SMARTS) is 2. The van der Waals surface area contributed by atoms with Crippen molar-refractivity contribution >= 4 is 80.6 Å². The topological polar surface area (TPSA) is 636 Å². The number of rotatable bonds is 22. The number of aromatic amines is 1. The number of aromatic nitrogens is 1. The molecule has 5 heterocycles. The number of carbonyl (C=O) groups is 3. The third kappa shape index (κ3) is 18.6. The Bertz CT molecular complexity index is 3090. The molecule has 1 aromatic carbocycles. The molecule has 0 spiro atoms. The Hall–Kier alpha value is -4.20. The van der Waals surface area contributed by atoms with Gasteiger partial charge in [-0.3, -0.25) is 27.6 Å². The molecule has 1 aromatic heterocycles. The van der Waals surface area contributed by atoms with Crippen molar-refractivity contribution in [2.75, 3.05) is 20.3 Å². The van der Waals surface area contributed by atoms with Crippen molar-refractivity contribution < 1.29 is 175 Å². The van der Waals surface area contributed by atoms with Gasteiger partial charge in [0.1, 0.15) is 78.9 Å². The fourth-order valence-electron chi connectivity index (χ4n) is 8.21. The molecule has 0 aliphatic carbocycles. The molecule has 81 heavy (non-hydrogen) atoms. The Morgan fingerprint density at radius 1 is 0.593 bits per heavy atom. The number of hydrogen-bond donors (Lipinski definition) is 16. The molecular weight excluding hydrogens is 1230 g/mol. The summed E-state index contributed by atoms with van der Waals surface area (Å²) >= 11 is 0. The summed E-state index contributed by atoms with van der Waals surface area (Å²) in [7, 11) is -27.5. The van der Waals surface area contributed by atoms with Gasteiger partial charge in [0.25, 0.3) is 0 Å². The Balaban J connectivity index is 0.000000964.